The van der Waals surface area contributed by atoms with E-state index >= 15 is 0 Å². The predicted octanol–water partition coefficient (Wildman–Crippen LogP) is 19.4. The Balaban J connectivity index is 0.000000154. The number of hydrogen-bond donors (Lipinski definition) is 5. The Morgan fingerprint density at radius 1 is 0.301 bits per heavy atom. The van der Waals surface area contributed by atoms with Gasteiger partial charge in [0, 0.05) is 53.2 Å². The lowest BCUT2D eigenvalue weighted by Crippen LogP contribution is -2.30. The first kappa shape index (κ1) is 97.0. The Morgan fingerprint density at radius 3 is 0.757 bits per heavy atom. The maximum atomic E-state index is 13.3. The summed E-state index contributed by atoms with van der Waals surface area (Å²) in [6, 6.07) is 63.8. The number of ether oxygens (including phenoxy) is 2. The number of amides is 4. The van der Waals surface area contributed by atoms with Gasteiger partial charge in [0.2, 0.25) is 0 Å². The second-order valence-electron chi connectivity index (χ2n) is 35.0. The van der Waals surface area contributed by atoms with Crippen LogP contribution in [0, 0.1) is 27.7 Å². The highest BCUT2D eigenvalue weighted by atomic mass is 16.5. The summed E-state index contributed by atoms with van der Waals surface area (Å²) in [5.74, 6) is -8.02. The molecule has 4 aromatic heterocycles. The summed E-state index contributed by atoms with van der Waals surface area (Å²) in [5, 5.41) is 53.8. The molecule has 4 amide bonds. The number of hydrogen-bond acceptors (Lipinski definition) is 22. The van der Waals surface area contributed by atoms with E-state index in [4.69, 9.17) is 9.47 Å². The van der Waals surface area contributed by atoms with Crippen molar-refractivity contribution in [1.29, 1.82) is 0 Å². The number of ketones is 4. The molecule has 0 bridgehead atoms. The number of aliphatic hydroxyl groups excluding tert-OH is 4. The molecule has 4 aliphatic heterocycles. The van der Waals surface area contributed by atoms with Gasteiger partial charge in [0.1, 0.15) is 40.5 Å². The molecule has 8 aromatic carbocycles. The van der Waals surface area contributed by atoms with E-state index in [9.17, 15) is 78.3 Å². The number of methoxy groups -OCH3 is 2. The fraction of sp³-hybridized carbons (Fsp3) is 0.211. The first-order valence-corrected chi connectivity index (χ1v) is 43.8. The number of benzene rings is 8. The minimum Gasteiger partial charge on any atom is -0.507 e. The van der Waals surface area contributed by atoms with Gasteiger partial charge in [-0.2, -0.15) is 0 Å². The van der Waals surface area contributed by atoms with Crippen molar-refractivity contribution in [2.24, 2.45) is 0 Å². The molecule has 4 saturated heterocycles. The Morgan fingerprint density at radius 2 is 0.544 bits per heavy atom. The highest BCUT2D eigenvalue weighted by Gasteiger charge is 2.52. The van der Waals surface area contributed by atoms with Crippen molar-refractivity contribution in [1.82, 2.24) is 24.9 Å². The van der Waals surface area contributed by atoms with Crippen LogP contribution in [0.3, 0.4) is 0 Å². The SMILES string of the molecule is COC(=O)c1ccc(N2C(=O)C(=O)C(=C(O)c3ccc(C)cc3)C2c2ccc(C(C)(C)C)cc2)nc1.COC(=O)c1ccc(N2C(=O)C(=O)C(=C(O)c3ccc(C)cc3)C2c2ccc(C(C)C)cc2)nc1.Cc1ccc(C(O)=C2C(=O)C(=O)N(c3ccc(C(=O)O)cn3)C2c2ccc(C(C)C)cc2)cc1.Cc1ccc(C(O)=C2C(=O)C(=O)N(c3cnccn3)C2c2ccc(C(C)C)cc2)cc1. The van der Waals surface area contributed by atoms with Gasteiger partial charge in [0.05, 0.1) is 83.6 Å². The van der Waals surface area contributed by atoms with Gasteiger partial charge in [-0.15, -0.1) is 0 Å². The zero-order chi connectivity index (χ0) is 98.2. The number of esters is 2. The summed E-state index contributed by atoms with van der Waals surface area (Å²) in [7, 11) is 2.53. The molecule has 27 nitrogen and oxygen atoms in total. The molecule has 0 aliphatic carbocycles. The topological polar surface area (TPSA) is 385 Å². The molecule has 4 atom stereocenters. The fourth-order valence-corrected chi connectivity index (χ4v) is 16.0. The lowest BCUT2D eigenvalue weighted by molar-refractivity contribution is -0.132. The van der Waals surface area contributed by atoms with Gasteiger partial charge >= 0.3 is 41.5 Å². The third kappa shape index (κ3) is 20.4. The molecule has 690 valence electrons. The molecule has 12 aromatic rings. The number of pyridine rings is 3. The number of aromatic nitrogens is 5. The van der Waals surface area contributed by atoms with E-state index in [0.29, 0.717) is 56.3 Å². The maximum Gasteiger partial charge on any atom is 0.339 e. The van der Waals surface area contributed by atoms with Gasteiger partial charge in [-0.05, 0) is 132 Å². The molecule has 0 radical (unpaired) electrons. The van der Waals surface area contributed by atoms with Gasteiger partial charge in [-0.1, -0.05) is 279 Å². The van der Waals surface area contributed by atoms with Crippen LogP contribution in [-0.2, 0) is 53.2 Å². The van der Waals surface area contributed by atoms with E-state index in [1.54, 1.807) is 48.5 Å². The minimum atomic E-state index is -1.15. The quantitative estimate of drug-likeness (QED) is 0.0230. The molecule has 5 N–H and O–H groups in total. The summed E-state index contributed by atoms with van der Waals surface area (Å²) in [5.41, 5.74) is 13.1. The van der Waals surface area contributed by atoms with E-state index in [1.165, 1.54) is 101 Å². The van der Waals surface area contributed by atoms with Gasteiger partial charge in [0.15, 0.2) is 5.82 Å². The molecular weight excluding hydrogens is 1720 g/mol. The van der Waals surface area contributed by atoms with E-state index in [-0.39, 0.29) is 96.6 Å². The highest BCUT2D eigenvalue weighted by Crippen LogP contribution is 2.48. The van der Waals surface area contributed by atoms with Crippen molar-refractivity contribution in [3.05, 3.63) is 396 Å². The summed E-state index contributed by atoms with van der Waals surface area (Å²) in [4.78, 5) is 166. The highest BCUT2D eigenvalue weighted by molar-refractivity contribution is 6.54. The number of carboxylic acids is 1. The van der Waals surface area contributed by atoms with Crippen molar-refractivity contribution in [3.8, 4) is 0 Å². The van der Waals surface area contributed by atoms with Gasteiger partial charge in [-0.3, -0.25) is 62.9 Å². The van der Waals surface area contributed by atoms with E-state index in [1.807, 2.05) is 173 Å². The smallest absolute Gasteiger partial charge is 0.339 e. The number of aliphatic hydroxyl groups is 4. The lowest BCUT2D eigenvalue weighted by atomic mass is 9.85. The Bertz CT molecular complexity index is 6730. The Hall–Kier alpha value is -16.6. The molecule has 0 saturated carbocycles. The number of aromatic carboxylic acids is 1. The summed E-state index contributed by atoms with van der Waals surface area (Å²) < 4.78 is 9.43. The van der Waals surface area contributed by atoms with Crippen molar-refractivity contribution >= 4 is 111 Å². The molecule has 136 heavy (non-hydrogen) atoms. The molecule has 4 fully saturated rings. The van der Waals surface area contributed by atoms with Crippen LogP contribution in [-0.4, -0.2) is 129 Å². The van der Waals surface area contributed by atoms with Gasteiger partial charge in [0.25, 0.3) is 23.1 Å². The minimum absolute atomic E-state index is 0.0185. The molecule has 4 unspecified atom stereocenters. The van der Waals surface area contributed by atoms with Gasteiger partial charge in [-0.25, -0.2) is 34.3 Å². The van der Waals surface area contributed by atoms with Crippen LogP contribution < -0.4 is 19.6 Å². The second kappa shape index (κ2) is 41.1. The molecule has 16 rings (SSSR count). The normalized spacial score (nSPS) is 17.5. The van der Waals surface area contributed by atoms with Crippen LogP contribution in [0.1, 0.15) is 224 Å². The largest absolute Gasteiger partial charge is 0.507 e. The summed E-state index contributed by atoms with van der Waals surface area (Å²) in [6.07, 6.45) is 8.12. The second-order valence-corrected chi connectivity index (χ2v) is 35.0. The molecular formula is C109H101N9O18. The number of carbonyl (C=O) groups excluding carboxylic acids is 10. The molecule has 0 spiro atoms. The van der Waals surface area contributed by atoms with E-state index in [0.717, 1.165) is 50.7 Å². The average Bonchev–Trinajstić information content (AvgIpc) is 1.61. The van der Waals surface area contributed by atoms with E-state index in [2.05, 4.69) is 87.2 Å². The van der Waals surface area contributed by atoms with Crippen molar-refractivity contribution in [2.75, 3.05) is 33.8 Å². The number of rotatable bonds is 18. The monoisotopic (exact) mass is 1820 g/mol. The zero-order valence-corrected chi connectivity index (χ0v) is 77.5. The standard InChI is InChI=1S/C29H28N2O5.C28H26N2O5.C27H24N2O5.C25H23N3O3/c1-17-6-8-19(9-7-17)25(32)23-24(18-10-13-21(14-11-18)29(2,3)4)31(27(34)26(23)33)22-15-12-20(16-30-22)28(35)36-5;1-16(2)18-9-11-19(12-10-18)24-23(25(31)20-7-5-17(3)6-8-20)26(32)27(33)30(24)22-14-13-21(15-29-22)28(34)35-4;1-15(2)17-8-10-18(11-9-17)23-22(24(30)19-6-4-16(3)5-7-19)25(31)26(32)29(23)21-13-12-20(14-28-21)27(33)34;1-15(2)17-8-10-18(11-9-17)22-21(23(29)19-6-4-16(3)5-7-19)24(30)25(31)28(22)20-14-26-12-13-27-20/h6-16,24,32H,1-5H3;5-16,24,31H,1-4H3;4-15,23,30H,1-3H3,(H,33,34);4-15,22,29H,1-3H3. The molecule has 4 aliphatic rings. The number of carboxylic acid groups (broad SMARTS) is 1. The van der Waals surface area contributed by atoms with Crippen molar-refractivity contribution in [3.63, 3.8) is 0 Å². The van der Waals surface area contributed by atoms with Crippen LogP contribution >= 0.6 is 0 Å². The zero-order valence-electron chi connectivity index (χ0n) is 77.5. The van der Waals surface area contributed by atoms with Crippen LogP contribution in [0.15, 0.2) is 290 Å². The van der Waals surface area contributed by atoms with Gasteiger partial charge < -0.3 is 35.0 Å². The lowest BCUT2D eigenvalue weighted by Gasteiger charge is -2.26. The molecule has 8 heterocycles. The third-order valence-corrected chi connectivity index (χ3v) is 23.8. The number of nitrogens with zero attached hydrogens (tertiary/aromatic N) is 9. The van der Waals surface area contributed by atoms with E-state index < -0.39 is 88.8 Å². The van der Waals surface area contributed by atoms with Crippen LogP contribution in [0.4, 0.5) is 23.3 Å². The summed E-state index contributed by atoms with van der Waals surface area (Å²) >= 11 is 0. The Kier molecular flexibility index (Phi) is 29.3. The van der Waals surface area contributed by atoms with Crippen LogP contribution in [0.25, 0.3) is 23.0 Å². The third-order valence-electron chi connectivity index (χ3n) is 23.8. The number of aryl methyl sites for hydroxylation is 4. The first-order chi connectivity index (χ1) is 64.8. The van der Waals surface area contributed by atoms with Crippen molar-refractivity contribution in [2.45, 2.75) is 137 Å². The summed E-state index contributed by atoms with van der Waals surface area (Å²) in [6.45, 7) is 26.4. The maximum absolute atomic E-state index is 13.3. The average molecular weight is 1830 g/mol. The van der Waals surface area contributed by atoms with Crippen molar-refractivity contribution < 1.29 is 87.7 Å². The number of anilines is 4. The van der Waals surface area contributed by atoms with Crippen LogP contribution in [0.2, 0.25) is 0 Å². The van der Waals surface area contributed by atoms with Crippen LogP contribution in [0.5, 0.6) is 0 Å². The fourth-order valence-electron chi connectivity index (χ4n) is 16.0. The predicted molar refractivity (Wildman–Crippen MR) is 515 cm³/mol. The number of Topliss-reactive ketones (excluding diaryl/α,β-unsaturated/α-hetero) is 4. The number of carbonyl (C=O) groups is 11. The molecule has 27 heteroatoms. The Labute approximate surface area is 786 Å². The first-order valence-electron chi connectivity index (χ1n) is 43.8.